The van der Waals surface area contributed by atoms with Crippen molar-refractivity contribution in [2.24, 2.45) is 0 Å². The average molecular weight is 366 g/mol. The first-order chi connectivity index (χ1) is 12.8. The van der Waals surface area contributed by atoms with Crippen LogP contribution in [0.1, 0.15) is 23.2 Å². The summed E-state index contributed by atoms with van der Waals surface area (Å²) in [6.07, 6.45) is 1.66. The number of nitrogens with one attached hydrogen (secondary N) is 1. The van der Waals surface area contributed by atoms with Crippen molar-refractivity contribution in [3.63, 3.8) is 0 Å². The molecule has 1 N–H and O–H groups in total. The first-order valence-electron chi connectivity index (χ1n) is 8.16. The highest BCUT2D eigenvalue weighted by Crippen LogP contribution is 2.23. The minimum atomic E-state index is -0.202. The highest BCUT2D eigenvalue weighted by atomic mass is 35.5. The van der Waals surface area contributed by atoms with E-state index in [9.17, 15) is 0 Å². The van der Waals surface area contributed by atoms with Crippen molar-refractivity contribution < 1.29 is 4.42 Å². The van der Waals surface area contributed by atoms with Crippen LogP contribution in [0.15, 0.2) is 77.4 Å². The summed E-state index contributed by atoms with van der Waals surface area (Å²) >= 11 is 5.99. The number of hydrogen-bond donors (Lipinski definition) is 1. The number of aromatic nitrogens is 4. The summed E-state index contributed by atoms with van der Waals surface area (Å²) in [6, 6.07) is 21.0. The molecule has 4 rings (SSSR count). The lowest BCUT2D eigenvalue weighted by molar-refractivity contribution is 0.460. The Kier molecular flexibility index (Phi) is 4.77. The molecule has 0 aliphatic rings. The lowest BCUT2D eigenvalue weighted by atomic mass is 10.1. The van der Waals surface area contributed by atoms with Gasteiger partial charge < -0.3 is 4.42 Å². The predicted octanol–water partition coefficient (Wildman–Crippen LogP) is 3.79. The smallest absolute Gasteiger partial charge is 0.178 e. The summed E-state index contributed by atoms with van der Waals surface area (Å²) in [5.41, 5.74) is 1.90. The SMILES string of the molecule is Clc1ccc(-n2nnnc2[C@H](NCc2ccco2)c2ccccc2)cc1. The zero-order valence-corrected chi connectivity index (χ0v) is 14.5. The molecule has 0 amide bonds. The van der Waals surface area contributed by atoms with Crippen LogP contribution in [0.25, 0.3) is 5.69 Å². The average Bonchev–Trinajstić information content (AvgIpc) is 3.36. The van der Waals surface area contributed by atoms with Crippen molar-refractivity contribution in [2.45, 2.75) is 12.6 Å². The van der Waals surface area contributed by atoms with Crippen molar-refractivity contribution in [2.75, 3.05) is 0 Å². The summed E-state index contributed by atoms with van der Waals surface area (Å²) in [7, 11) is 0. The molecule has 1 atom stereocenters. The van der Waals surface area contributed by atoms with E-state index in [1.54, 1.807) is 10.9 Å². The highest BCUT2D eigenvalue weighted by Gasteiger charge is 2.22. The maximum absolute atomic E-state index is 5.99. The highest BCUT2D eigenvalue weighted by molar-refractivity contribution is 6.30. The number of furan rings is 1. The number of benzene rings is 2. The van der Waals surface area contributed by atoms with E-state index in [2.05, 4.69) is 20.8 Å². The minimum Gasteiger partial charge on any atom is -0.468 e. The molecule has 0 saturated carbocycles. The van der Waals surface area contributed by atoms with Crippen LogP contribution < -0.4 is 5.32 Å². The van der Waals surface area contributed by atoms with Gasteiger partial charge in [0.25, 0.3) is 0 Å². The van der Waals surface area contributed by atoms with E-state index in [-0.39, 0.29) is 6.04 Å². The van der Waals surface area contributed by atoms with Gasteiger partial charge in [-0.2, -0.15) is 4.68 Å². The van der Waals surface area contributed by atoms with Crippen molar-refractivity contribution in [1.82, 2.24) is 25.5 Å². The van der Waals surface area contributed by atoms with Gasteiger partial charge in [0, 0.05) is 5.02 Å². The lowest BCUT2D eigenvalue weighted by Crippen LogP contribution is -2.25. The van der Waals surface area contributed by atoms with Crippen molar-refractivity contribution in [3.8, 4) is 5.69 Å². The van der Waals surface area contributed by atoms with E-state index in [4.69, 9.17) is 16.0 Å². The summed E-state index contributed by atoms with van der Waals surface area (Å²) < 4.78 is 7.14. The number of tetrazole rings is 1. The van der Waals surface area contributed by atoms with Crippen molar-refractivity contribution in [1.29, 1.82) is 0 Å². The fourth-order valence-electron chi connectivity index (χ4n) is 2.76. The molecule has 0 unspecified atom stereocenters. The van der Waals surface area contributed by atoms with Gasteiger partial charge in [-0.15, -0.1) is 5.10 Å². The van der Waals surface area contributed by atoms with E-state index in [0.29, 0.717) is 17.4 Å². The van der Waals surface area contributed by atoms with Gasteiger partial charge in [0.15, 0.2) is 5.82 Å². The summed E-state index contributed by atoms with van der Waals surface area (Å²) in [4.78, 5) is 0. The van der Waals surface area contributed by atoms with E-state index in [1.807, 2.05) is 66.7 Å². The maximum Gasteiger partial charge on any atom is 0.178 e. The first-order valence-corrected chi connectivity index (χ1v) is 8.54. The van der Waals surface area contributed by atoms with E-state index >= 15 is 0 Å². The fraction of sp³-hybridized carbons (Fsp3) is 0.105. The zero-order chi connectivity index (χ0) is 17.8. The van der Waals surface area contributed by atoms with Crippen LogP contribution in [0, 0.1) is 0 Å². The van der Waals surface area contributed by atoms with Crippen LogP contribution in [-0.4, -0.2) is 20.2 Å². The summed E-state index contributed by atoms with van der Waals surface area (Å²) in [5, 5.41) is 16.4. The van der Waals surface area contributed by atoms with Crippen LogP contribution in [0.3, 0.4) is 0 Å². The van der Waals surface area contributed by atoms with Gasteiger partial charge in [0.05, 0.1) is 24.5 Å². The Morgan fingerprint density at radius 3 is 2.54 bits per heavy atom. The molecule has 0 saturated heterocycles. The number of hydrogen-bond acceptors (Lipinski definition) is 5. The molecule has 0 bridgehead atoms. The largest absolute Gasteiger partial charge is 0.468 e. The van der Waals surface area contributed by atoms with Gasteiger partial charge >= 0.3 is 0 Å². The molecule has 0 fully saturated rings. The van der Waals surface area contributed by atoms with E-state index in [1.165, 1.54) is 0 Å². The molecule has 26 heavy (non-hydrogen) atoms. The van der Waals surface area contributed by atoms with Crippen LogP contribution in [0.5, 0.6) is 0 Å². The Bertz CT molecular complexity index is 951. The number of halogens is 1. The van der Waals surface area contributed by atoms with E-state index < -0.39 is 0 Å². The Morgan fingerprint density at radius 2 is 1.81 bits per heavy atom. The lowest BCUT2D eigenvalue weighted by Gasteiger charge is -2.18. The van der Waals surface area contributed by atoms with Crippen LogP contribution in [0.2, 0.25) is 5.02 Å². The topological polar surface area (TPSA) is 68.8 Å². The van der Waals surface area contributed by atoms with Gasteiger partial charge in [-0.05, 0) is 52.4 Å². The Hall–Kier alpha value is -2.96. The van der Waals surface area contributed by atoms with Gasteiger partial charge in [-0.3, -0.25) is 5.32 Å². The maximum atomic E-state index is 5.99. The summed E-state index contributed by atoms with van der Waals surface area (Å²) in [6.45, 7) is 0.556. The molecule has 2 heterocycles. The Morgan fingerprint density at radius 1 is 1.00 bits per heavy atom. The van der Waals surface area contributed by atoms with Crippen LogP contribution in [0.4, 0.5) is 0 Å². The van der Waals surface area contributed by atoms with Gasteiger partial charge in [0.1, 0.15) is 5.76 Å². The monoisotopic (exact) mass is 365 g/mol. The second kappa shape index (κ2) is 7.51. The standard InChI is InChI=1S/C19H16ClN5O/c20-15-8-10-16(11-9-15)25-19(22-23-24-25)18(14-5-2-1-3-6-14)21-13-17-7-4-12-26-17/h1-12,18,21H,13H2/t18-/m1/s1. The molecular formula is C19H16ClN5O. The second-order valence-corrected chi connectivity index (χ2v) is 6.17. The Balaban J connectivity index is 1.70. The zero-order valence-electron chi connectivity index (χ0n) is 13.8. The molecule has 6 nitrogen and oxygen atoms in total. The third-order valence-electron chi connectivity index (χ3n) is 4.02. The number of nitrogens with zero attached hydrogens (tertiary/aromatic N) is 4. The van der Waals surface area contributed by atoms with Crippen molar-refractivity contribution in [3.05, 3.63) is 95.2 Å². The third-order valence-corrected chi connectivity index (χ3v) is 4.27. The van der Waals surface area contributed by atoms with Crippen LogP contribution >= 0.6 is 11.6 Å². The Labute approximate surface area is 155 Å². The molecule has 130 valence electrons. The molecule has 0 aliphatic heterocycles. The molecule has 4 aromatic rings. The third kappa shape index (κ3) is 3.51. The van der Waals surface area contributed by atoms with Gasteiger partial charge in [0.2, 0.25) is 0 Å². The molecule has 0 radical (unpaired) electrons. The summed E-state index contributed by atoms with van der Waals surface area (Å²) in [5.74, 6) is 1.53. The fourth-order valence-corrected chi connectivity index (χ4v) is 2.89. The van der Waals surface area contributed by atoms with E-state index in [0.717, 1.165) is 17.0 Å². The number of rotatable bonds is 6. The van der Waals surface area contributed by atoms with Gasteiger partial charge in [-0.1, -0.05) is 41.9 Å². The van der Waals surface area contributed by atoms with Crippen LogP contribution in [-0.2, 0) is 6.54 Å². The quantitative estimate of drug-likeness (QED) is 0.563. The first kappa shape index (κ1) is 16.5. The molecular weight excluding hydrogens is 350 g/mol. The molecule has 2 aromatic carbocycles. The van der Waals surface area contributed by atoms with Gasteiger partial charge in [-0.25, -0.2) is 0 Å². The van der Waals surface area contributed by atoms with Crippen molar-refractivity contribution >= 4 is 11.6 Å². The molecule has 0 aliphatic carbocycles. The molecule has 0 spiro atoms. The normalized spacial score (nSPS) is 12.2. The predicted molar refractivity (Wildman–Crippen MR) is 98.0 cm³/mol. The molecule has 7 heteroatoms. The molecule has 2 aromatic heterocycles. The minimum absolute atomic E-state index is 0.202. The second-order valence-electron chi connectivity index (χ2n) is 5.73.